The van der Waals surface area contributed by atoms with Crippen LogP contribution in [0.3, 0.4) is 0 Å². The molecule has 0 rings (SSSR count). The van der Waals surface area contributed by atoms with Gasteiger partial charge in [-0.3, -0.25) is 4.79 Å². The zero-order valence-corrected chi connectivity index (χ0v) is 9.06. The SMILES string of the molecule is CC(F)(F)CCCNC(=O)NCCC(=O)O. The van der Waals surface area contributed by atoms with Crippen LogP contribution in [0.25, 0.3) is 0 Å². The van der Waals surface area contributed by atoms with Gasteiger partial charge in [0.15, 0.2) is 0 Å². The van der Waals surface area contributed by atoms with Gasteiger partial charge >= 0.3 is 12.0 Å². The van der Waals surface area contributed by atoms with E-state index in [1.165, 1.54) is 0 Å². The molecular weight excluding hydrogens is 222 g/mol. The summed E-state index contributed by atoms with van der Waals surface area (Å²) in [6, 6.07) is -0.541. The first-order valence-electron chi connectivity index (χ1n) is 4.92. The van der Waals surface area contributed by atoms with Crippen molar-refractivity contribution in [2.45, 2.75) is 32.1 Å². The number of aliphatic carboxylic acids is 1. The highest BCUT2D eigenvalue weighted by Gasteiger charge is 2.19. The summed E-state index contributed by atoms with van der Waals surface area (Å²) in [6.45, 7) is 0.980. The molecule has 7 heteroatoms. The van der Waals surface area contributed by atoms with Crippen molar-refractivity contribution in [1.29, 1.82) is 0 Å². The van der Waals surface area contributed by atoms with Crippen LogP contribution in [0.15, 0.2) is 0 Å². The lowest BCUT2D eigenvalue weighted by Crippen LogP contribution is -2.37. The average molecular weight is 238 g/mol. The second-order valence-electron chi connectivity index (χ2n) is 3.50. The predicted molar refractivity (Wildman–Crippen MR) is 53.5 cm³/mol. The molecule has 0 bridgehead atoms. The highest BCUT2D eigenvalue weighted by molar-refractivity contribution is 5.74. The lowest BCUT2D eigenvalue weighted by molar-refractivity contribution is -0.136. The molecule has 0 saturated carbocycles. The van der Waals surface area contributed by atoms with E-state index in [1.807, 2.05) is 0 Å². The van der Waals surface area contributed by atoms with Crippen molar-refractivity contribution in [3.8, 4) is 0 Å². The molecule has 0 aromatic heterocycles. The highest BCUT2D eigenvalue weighted by atomic mass is 19.3. The Morgan fingerprint density at radius 2 is 1.81 bits per heavy atom. The van der Waals surface area contributed by atoms with Crippen LogP contribution in [0.5, 0.6) is 0 Å². The molecule has 3 N–H and O–H groups in total. The van der Waals surface area contributed by atoms with Gasteiger partial charge in [0.2, 0.25) is 5.92 Å². The average Bonchev–Trinajstić information content (AvgIpc) is 2.10. The Kier molecular flexibility index (Phi) is 6.36. The molecule has 0 heterocycles. The van der Waals surface area contributed by atoms with Crippen LogP contribution in [0.1, 0.15) is 26.2 Å². The van der Waals surface area contributed by atoms with Crippen LogP contribution < -0.4 is 10.6 Å². The monoisotopic (exact) mass is 238 g/mol. The van der Waals surface area contributed by atoms with Crippen LogP contribution in [0, 0.1) is 0 Å². The van der Waals surface area contributed by atoms with Crippen molar-refractivity contribution in [3.05, 3.63) is 0 Å². The number of amides is 2. The number of carbonyl (C=O) groups is 2. The maximum atomic E-state index is 12.3. The summed E-state index contributed by atoms with van der Waals surface area (Å²) in [5.74, 6) is -3.73. The molecule has 0 aliphatic rings. The van der Waals surface area contributed by atoms with Gasteiger partial charge in [-0.2, -0.15) is 0 Å². The maximum Gasteiger partial charge on any atom is 0.314 e. The van der Waals surface area contributed by atoms with E-state index in [9.17, 15) is 18.4 Å². The maximum absolute atomic E-state index is 12.3. The molecule has 0 fully saturated rings. The van der Waals surface area contributed by atoms with Crippen molar-refractivity contribution in [2.24, 2.45) is 0 Å². The summed E-state index contributed by atoms with van der Waals surface area (Å²) in [6.07, 6.45) is -0.279. The number of halogens is 2. The van der Waals surface area contributed by atoms with Gasteiger partial charge < -0.3 is 15.7 Å². The van der Waals surface area contributed by atoms with E-state index in [0.717, 1.165) is 6.92 Å². The van der Waals surface area contributed by atoms with Crippen LogP contribution in [0.2, 0.25) is 0 Å². The van der Waals surface area contributed by atoms with E-state index >= 15 is 0 Å². The number of nitrogens with one attached hydrogen (secondary N) is 2. The van der Waals surface area contributed by atoms with Crippen molar-refractivity contribution in [3.63, 3.8) is 0 Å². The number of hydrogen-bond donors (Lipinski definition) is 3. The summed E-state index contributed by atoms with van der Waals surface area (Å²) < 4.78 is 24.7. The summed E-state index contributed by atoms with van der Waals surface area (Å²) in [7, 11) is 0. The highest BCUT2D eigenvalue weighted by Crippen LogP contribution is 2.17. The van der Waals surface area contributed by atoms with Crippen molar-refractivity contribution in [1.82, 2.24) is 10.6 Å². The number of carboxylic acids is 1. The minimum atomic E-state index is -2.72. The number of hydrogen-bond acceptors (Lipinski definition) is 2. The van der Waals surface area contributed by atoms with E-state index in [4.69, 9.17) is 5.11 Å². The van der Waals surface area contributed by atoms with E-state index in [1.54, 1.807) is 0 Å². The quantitative estimate of drug-likeness (QED) is 0.583. The molecule has 0 atom stereocenters. The molecular formula is C9H16F2N2O3. The third-order valence-corrected chi connectivity index (χ3v) is 1.70. The molecule has 0 aliphatic heterocycles. The van der Waals surface area contributed by atoms with Crippen LogP contribution in [0.4, 0.5) is 13.6 Å². The summed E-state index contributed by atoms with van der Waals surface area (Å²) >= 11 is 0. The topological polar surface area (TPSA) is 78.4 Å². The molecule has 94 valence electrons. The first-order chi connectivity index (χ1) is 7.31. The standard InChI is InChI=1S/C9H16F2N2O3/c1-9(10,11)4-2-5-12-8(16)13-6-3-7(14)15/h2-6H2,1H3,(H,14,15)(H2,12,13,16). The molecule has 16 heavy (non-hydrogen) atoms. The molecule has 2 amide bonds. The number of carboxylic acid groups (broad SMARTS) is 1. The van der Waals surface area contributed by atoms with Gasteiger partial charge in [0, 0.05) is 19.5 Å². The molecule has 0 saturated heterocycles. The zero-order chi connectivity index (χ0) is 12.6. The predicted octanol–water partition coefficient (Wildman–Crippen LogP) is 1.20. The summed E-state index contributed by atoms with van der Waals surface area (Å²) in [4.78, 5) is 21.0. The Bertz CT molecular complexity index is 241. The van der Waals surface area contributed by atoms with Crippen molar-refractivity contribution < 1.29 is 23.5 Å². The number of alkyl halides is 2. The Balaban J connectivity index is 3.41. The van der Waals surface area contributed by atoms with E-state index in [2.05, 4.69) is 10.6 Å². The number of urea groups is 1. The molecule has 0 spiro atoms. The largest absolute Gasteiger partial charge is 0.481 e. The minimum Gasteiger partial charge on any atom is -0.481 e. The van der Waals surface area contributed by atoms with Crippen molar-refractivity contribution in [2.75, 3.05) is 13.1 Å². The minimum absolute atomic E-state index is 0.0190. The van der Waals surface area contributed by atoms with E-state index < -0.39 is 17.9 Å². The fourth-order valence-corrected chi connectivity index (χ4v) is 0.946. The fourth-order valence-electron chi connectivity index (χ4n) is 0.946. The second-order valence-corrected chi connectivity index (χ2v) is 3.50. The number of carbonyl (C=O) groups excluding carboxylic acids is 1. The van der Waals surface area contributed by atoms with E-state index in [0.29, 0.717) is 0 Å². The van der Waals surface area contributed by atoms with Gasteiger partial charge in [0.25, 0.3) is 0 Å². The smallest absolute Gasteiger partial charge is 0.314 e. The van der Waals surface area contributed by atoms with Crippen LogP contribution in [-0.4, -0.2) is 36.1 Å². The third-order valence-electron chi connectivity index (χ3n) is 1.70. The molecule has 0 unspecified atom stereocenters. The van der Waals surface area contributed by atoms with Gasteiger partial charge in [-0.05, 0) is 13.3 Å². The Morgan fingerprint density at radius 1 is 1.25 bits per heavy atom. The van der Waals surface area contributed by atoms with Gasteiger partial charge in [-0.1, -0.05) is 0 Å². The number of rotatable bonds is 7. The fraction of sp³-hybridized carbons (Fsp3) is 0.778. The van der Waals surface area contributed by atoms with Gasteiger partial charge in [0.05, 0.1) is 6.42 Å². The first-order valence-corrected chi connectivity index (χ1v) is 4.92. The Morgan fingerprint density at radius 3 is 2.31 bits per heavy atom. The second kappa shape index (κ2) is 6.97. The molecule has 5 nitrogen and oxygen atoms in total. The lowest BCUT2D eigenvalue weighted by atomic mass is 10.2. The van der Waals surface area contributed by atoms with Gasteiger partial charge in [-0.25, -0.2) is 13.6 Å². The first kappa shape index (κ1) is 14.6. The van der Waals surface area contributed by atoms with Crippen LogP contribution >= 0.6 is 0 Å². The molecule has 0 aliphatic carbocycles. The molecule has 0 radical (unpaired) electrons. The lowest BCUT2D eigenvalue weighted by Gasteiger charge is -2.10. The van der Waals surface area contributed by atoms with Gasteiger partial charge in [-0.15, -0.1) is 0 Å². The molecule has 0 aromatic carbocycles. The zero-order valence-electron chi connectivity index (χ0n) is 9.06. The van der Waals surface area contributed by atoms with Crippen LogP contribution in [-0.2, 0) is 4.79 Å². The van der Waals surface area contributed by atoms with E-state index in [-0.39, 0.29) is 32.4 Å². The summed E-state index contributed by atoms with van der Waals surface area (Å²) in [5, 5.41) is 12.9. The summed E-state index contributed by atoms with van der Waals surface area (Å²) in [5.41, 5.74) is 0. The Hall–Kier alpha value is -1.40. The Labute approximate surface area is 92.2 Å². The third kappa shape index (κ3) is 10.7. The normalized spacial score (nSPS) is 10.9. The van der Waals surface area contributed by atoms with Crippen molar-refractivity contribution >= 4 is 12.0 Å². The van der Waals surface area contributed by atoms with Gasteiger partial charge in [0.1, 0.15) is 0 Å². The molecule has 0 aromatic rings.